The molecule has 0 bridgehead atoms. The van der Waals surface area contributed by atoms with E-state index in [2.05, 4.69) is 145 Å². The van der Waals surface area contributed by atoms with Gasteiger partial charge >= 0.3 is 0 Å². The summed E-state index contributed by atoms with van der Waals surface area (Å²) in [6.07, 6.45) is 20.7. The van der Waals surface area contributed by atoms with E-state index < -0.39 is 0 Å². The second-order valence-electron chi connectivity index (χ2n) is 24.3. The van der Waals surface area contributed by atoms with Crippen LogP contribution in [-0.4, -0.2) is 171 Å². The summed E-state index contributed by atoms with van der Waals surface area (Å²) in [5.74, 6) is 3.73. The van der Waals surface area contributed by atoms with Crippen molar-refractivity contribution in [2.24, 2.45) is 35.5 Å². The SMILES string of the molecule is CC(C)COCC(C)C.CC(C)COCCCCOCC(C)OCC(C)C.CC(C)COCCOCC(C)OCC(C)C.CCCCCOCCCCC.CCCCCOCCOCCCC.CCCOCCC.CCCOCCOCCC. The van der Waals surface area contributed by atoms with Crippen LogP contribution in [0, 0.1) is 35.5 Å². The molecule has 0 heterocycles. The van der Waals surface area contributed by atoms with Gasteiger partial charge in [0, 0.05) is 106 Å². The minimum absolute atomic E-state index is 0.174. The third kappa shape index (κ3) is 127. The van der Waals surface area contributed by atoms with Crippen LogP contribution in [0.3, 0.4) is 0 Å². The zero-order chi connectivity index (χ0) is 64.8. The number of unbranched alkanes of at least 4 members (excludes halogenated alkanes) is 8. The summed E-state index contributed by atoms with van der Waals surface area (Å²) in [5, 5.41) is 0. The second kappa shape index (κ2) is 91.2. The Hall–Kier alpha value is -0.520. The van der Waals surface area contributed by atoms with Crippen molar-refractivity contribution in [3.8, 4) is 0 Å². The van der Waals surface area contributed by atoms with Gasteiger partial charge in [0.25, 0.3) is 0 Å². The lowest BCUT2D eigenvalue weighted by Crippen LogP contribution is -2.20. The van der Waals surface area contributed by atoms with E-state index in [0.29, 0.717) is 61.9 Å². The predicted molar refractivity (Wildman–Crippen MR) is 363 cm³/mol. The molecule has 0 spiro atoms. The van der Waals surface area contributed by atoms with Crippen LogP contribution in [-0.2, 0) is 61.6 Å². The Morgan fingerprint density at radius 2 is 0.369 bits per heavy atom. The van der Waals surface area contributed by atoms with Crippen molar-refractivity contribution in [2.45, 2.75) is 274 Å². The lowest BCUT2D eigenvalue weighted by Gasteiger charge is -2.15. The van der Waals surface area contributed by atoms with Gasteiger partial charge in [0.15, 0.2) is 0 Å². The standard InChI is InChI=1S/C15H32O3.C13H28O3.C11H24O2.C10H22O.C8H18O2.C8H18O.C6H14O/c1-13(2)10-16-8-6-7-9-17-12-15(5)18-11-14(3)4;1-11(2)8-14-6-7-15-10-13(5)16-9-12(3)4;1-3-5-7-9-13-11-10-12-8-6-4-2;1-3-5-7-9-11-10-8-6-4-2;1-3-5-9-7-8-10-6-4-2;1-7(2)5-9-6-8(3)4;1-3-5-7-6-4-2/h13-15H,6-12H2,1-5H3;11-13H,6-10H2,1-5H3;3-11H2,1-2H3;3-10H2,1-2H3;3-8H2,1-2H3;7-8H,5-6H2,1-4H3;3-6H2,1-2H3. The maximum atomic E-state index is 5.63. The molecule has 0 rings (SSSR count). The highest BCUT2D eigenvalue weighted by Crippen LogP contribution is 2.03. The van der Waals surface area contributed by atoms with Gasteiger partial charge in [-0.15, -0.1) is 0 Å². The highest BCUT2D eigenvalue weighted by molar-refractivity contribution is 4.52. The van der Waals surface area contributed by atoms with Crippen LogP contribution in [0.5, 0.6) is 0 Å². The minimum Gasteiger partial charge on any atom is -0.381 e. The van der Waals surface area contributed by atoms with E-state index in [-0.39, 0.29) is 12.2 Å². The minimum atomic E-state index is 0.174. The quantitative estimate of drug-likeness (QED) is 0.0538. The van der Waals surface area contributed by atoms with Crippen LogP contribution >= 0.6 is 0 Å². The van der Waals surface area contributed by atoms with Crippen molar-refractivity contribution in [1.82, 2.24) is 0 Å². The summed E-state index contributed by atoms with van der Waals surface area (Å²) in [6.45, 7) is 67.0. The van der Waals surface area contributed by atoms with Gasteiger partial charge in [-0.05, 0) is 114 Å². The van der Waals surface area contributed by atoms with Gasteiger partial charge in [0.2, 0.25) is 0 Å². The van der Waals surface area contributed by atoms with Gasteiger partial charge < -0.3 is 61.6 Å². The van der Waals surface area contributed by atoms with E-state index in [1.54, 1.807) is 0 Å². The first-order valence-corrected chi connectivity index (χ1v) is 34.9. The van der Waals surface area contributed by atoms with Crippen LogP contribution < -0.4 is 0 Å². The molecule has 0 aliphatic carbocycles. The molecule has 0 amide bonds. The van der Waals surface area contributed by atoms with E-state index in [4.69, 9.17) is 61.6 Å². The molecule has 0 aromatic heterocycles. The molecule has 84 heavy (non-hydrogen) atoms. The Labute approximate surface area is 527 Å². The molecule has 0 fully saturated rings. The molecular formula is C71H156O13. The van der Waals surface area contributed by atoms with Gasteiger partial charge in [-0.1, -0.05) is 183 Å². The Morgan fingerprint density at radius 1 is 0.167 bits per heavy atom. The molecule has 0 aromatic carbocycles. The van der Waals surface area contributed by atoms with Crippen LogP contribution in [0.4, 0.5) is 0 Å². The predicted octanol–water partition coefficient (Wildman–Crippen LogP) is 18.6. The number of rotatable bonds is 55. The molecule has 0 saturated carbocycles. The van der Waals surface area contributed by atoms with Crippen molar-refractivity contribution in [1.29, 1.82) is 0 Å². The monoisotopic (exact) mass is 1220 g/mol. The van der Waals surface area contributed by atoms with E-state index in [0.717, 1.165) is 177 Å². The Morgan fingerprint density at radius 3 is 0.667 bits per heavy atom. The lowest BCUT2D eigenvalue weighted by atomic mass is 10.2. The summed E-state index contributed by atoms with van der Waals surface area (Å²) >= 11 is 0. The molecule has 0 aliphatic heterocycles. The van der Waals surface area contributed by atoms with Crippen molar-refractivity contribution in [3.63, 3.8) is 0 Å². The van der Waals surface area contributed by atoms with E-state index in [1.165, 1.54) is 64.2 Å². The molecule has 0 radical (unpaired) electrons. The van der Waals surface area contributed by atoms with Crippen LogP contribution in [0.15, 0.2) is 0 Å². The molecule has 13 nitrogen and oxygen atoms in total. The zero-order valence-electron chi connectivity index (χ0n) is 60.9. The molecule has 2 unspecified atom stereocenters. The van der Waals surface area contributed by atoms with Gasteiger partial charge in [0.05, 0.1) is 65.1 Å². The average Bonchev–Trinajstić information content (AvgIpc) is 3.45. The summed E-state index contributed by atoms with van der Waals surface area (Å²) < 4.78 is 70.2. The van der Waals surface area contributed by atoms with Crippen LogP contribution in [0.25, 0.3) is 0 Å². The maximum Gasteiger partial charge on any atom is 0.0780 e. The number of hydrogen-bond donors (Lipinski definition) is 0. The molecule has 518 valence electrons. The second-order valence-corrected chi connectivity index (χ2v) is 24.3. The van der Waals surface area contributed by atoms with Crippen molar-refractivity contribution < 1.29 is 61.6 Å². The molecule has 0 aliphatic rings. The van der Waals surface area contributed by atoms with Crippen LogP contribution in [0.2, 0.25) is 0 Å². The average molecular weight is 1220 g/mol. The van der Waals surface area contributed by atoms with E-state index in [1.807, 2.05) is 6.92 Å². The first kappa shape index (κ1) is 97.1. The fraction of sp³-hybridized carbons (Fsp3) is 1.00. The van der Waals surface area contributed by atoms with Crippen molar-refractivity contribution in [2.75, 3.05) is 159 Å². The molecule has 13 heteroatoms. The zero-order valence-corrected chi connectivity index (χ0v) is 60.9. The Kier molecular flexibility index (Phi) is 105. The smallest absolute Gasteiger partial charge is 0.0780 e. The van der Waals surface area contributed by atoms with Crippen molar-refractivity contribution in [3.05, 3.63) is 0 Å². The van der Waals surface area contributed by atoms with Gasteiger partial charge in [0.1, 0.15) is 0 Å². The third-order valence-electron chi connectivity index (χ3n) is 10.6. The first-order valence-electron chi connectivity index (χ1n) is 34.9. The molecule has 0 aromatic rings. The molecule has 2 atom stereocenters. The Bertz CT molecular complexity index is 983. The topological polar surface area (TPSA) is 120 Å². The first-order chi connectivity index (χ1) is 40.3. The molecule has 0 saturated heterocycles. The van der Waals surface area contributed by atoms with Crippen molar-refractivity contribution >= 4 is 0 Å². The lowest BCUT2D eigenvalue weighted by molar-refractivity contribution is -0.0320. The summed E-state index contributed by atoms with van der Waals surface area (Å²) in [7, 11) is 0. The molecular weight excluding hydrogens is 1060 g/mol. The van der Waals surface area contributed by atoms with Crippen LogP contribution in [0.1, 0.15) is 261 Å². The van der Waals surface area contributed by atoms with Gasteiger partial charge in [-0.2, -0.15) is 0 Å². The Balaban J connectivity index is -0.000000168. The third-order valence-corrected chi connectivity index (χ3v) is 10.6. The fourth-order valence-corrected chi connectivity index (χ4v) is 6.05. The highest BCUT2D eigenvalue weighted by atomic mass is 16.6. The summed E-state index contributed by atoms with van der Waals surface area (Å²) in [4.78, 5) is 0. The largest absolute Gasteiger partial charge is 0.381 e. The number of hydrogen-bond acceptors (Lipinski definition) is 13. The summed E-state index contributed by atoms with van der Waals surface area (Å²) in [5.41, 5.74) is 0. The number of ether oxygens (including phenoxy) is 13. The molecule has 0 N–H and O–H groups in total. The highest BCUT2D eigenvalue weighted by Gasteiger charge is 2.05. The van der Waals surface area contributed by atoms with E-state index in [9.17, 15) is 0 Å². The fourth-order valence-electron chi connectivity index (χ4n) is 6.05. The van der Waals surface area contributed by atoms with E-state index >= 15 is 0 Å². The summed E-state index contributed by atoms with van der Waals surface area (Å²) in [6, 6.07) is 0. The van der Waals surface area contributed by atoms with Gasteiger partial charge in [-0.3, -0.25) is 0 Å². The maximum absolute atomic E-state index is 5.63. The normalized spacial score (nSPS) is 11.7. The van der Waals surface area contributed by atoms with Gasteiger partial charge in [-0.25, -0.2) is 0 Å².